The summed E-state index contributed by atoms with van der Waals surface area (Å²) in [5, 5.41) is 12.6. The SMILES string of the molecule is CCC#N.O=P(O)(O)On1cc(-c2ncnc3[nH]ccc23)c(C2CC2)n1. The minimum Gasteiger partial charge on any atom is -0.346 e. The number of nitriles is 1. The lowest BCUT2D eigenvalue weighted by Gasteiger charge is -2.03. The van der Waals surface area contributed by atoms with Crippen molar-refractivity contribution in [1.82, 2.24) is 24.9 Å². The topological polar surface area (TPSA) is 150 Å². The Morgan fingerprint density at radius 3 is 2.81 bits per heavy atom. The third kappa shape index (κ3) is 4.08. The predicted molar refractivity (Wildman–Crippen MR) is 91.6 cm³/mol. The number of hydrogen-bond donors (Lipinski definition) is 3. The number of aromatic amines is 1. The first-order valence-corrected chi connectivity index (χ1v) is 9.46. The lowest BCUT2D eigenvalue weighted by molar-refractivity contribution is 0.154. The van der Waals surface area contributed by atoms with Gasteiger partial charge in [0.15, 0.2) is 0 Å². The highest BCUT2D eigenvalue weighted by Crippen LogP contribution is 2.44. The first-order chi connectivity index (χ1) is 12.4. The Labute approximate surface area is 148 Å². The molecule has 1 saturated carbocycles. The first kappa shape index (κ1) is 18.1. The van der Waals surface area contributed by atoms with Crippen LogP contribution >= 0.6 is 7.82 Å². The van der Waals surface area contributed by atoms with Crippen molar-refractivity contribution < 1.29 is 19.0 Å². The van der Waals surface area contributed by atoms with E-state index in [0.717, 1.165) is 28.8 Å². The van der Waals surface area contributed by atoms with Crippen molar-refractivity contribution in [2.45, 2.75) is 32.1 Å². The summed E-state index contributed by atoms with van der Waals surface area (Å²) < 4.78 is 15.5. The smallest absolute Gasteiger partial charge is 0.346 e. The Morgan fingerprint density at radius 1 is 1.46 bits per heavy atom. The molecule has 3 heterocycles. The van der Waals surface area contributed by atoms with Gasteiger partial charge in [-0.25, -0.2) is 14.5 Å². The van der Waals surface area contributed by atoms with Crippen molar-refractivity contribution in [1.29, 1.82) is 5.26 Å². The Morgan fingerprint density at radius 2 is 2.19 bits per heavy atom. The first-order valence-electron chi connectivity index (χ1n) is 7.93. The molecule has 3 aromatic heterocycles. The van der Waals surface area contributed by atoms with Crippen LogP contribution in [-0.4, -0.2) is 34.7 Å². The van der Waals surface area contributed by atoms with E-state index in [9.17, 15) is 4.57 Å². The summed E-state index contributed by atoms with van der Waals surface area (Å²) in [4.78, 5) is 30.1. The van der Waals surface area contributed by atoms with Gasteiger partial charge < -0.3 is 4.98 Å². The molecule has 0 amide bonds. The number of aromatic nitrogens is 5. The van der Waals surface area contributed by atoms with E-state index in [4.69, 9.17) is 15.0 Å². The van der Waals surface area contributed by atoms with Crippen molar-refractivity contribution in [2.24, 2.45) is 0 Å². The molecule has 11 heteroatoms. The number of H-pyrrole nitrogens is 1. The third-order valence-electron chi connectivity index (χ3n) is 3.64. The molecule has 136 valence electrons. The van der Waals surface area contributed by atoms with Gasteiger partial charge in [-0.2, -0.15) is 5.26 Å². The second-order valence-corrected chi connectivity index (χ2v) is 6.80. The van der Waals surface area contributed by atoms with Gasteiger partial charge in [-0.05, 0) is 18.9 Å². The molecule has 3 N–H and O–H groups in total. The maximum atomic E-state index is 11.0. The summed E-state index contributed by atoms with van der Waals surface area (Å²) in [5.74, 6) is 0.264. The van der Waals surface area contributed by atoms with Crippen LogP contribution in [0.15, 0.2) is 24.8 Å². The molecule has 0 bridgehead atoms. The standard InChI is InChI=1S/C12H12N5O4P.C3H5N/c18-22(19,20)21-17-5-9(10(16-17)7-1-2-7)11-8-3-4-13-12(8)15-6-14-11;1-2-3-4/h3-7H,1-2H2,(H,13,14,15)(H2,18,19,20);2H2,1H3. The molecular weight excluding hydrogens is 359 g/mol. The fraction of sp³-hybridized carbons (Fsp3) is 0.333. The number of fused-ring (bicyclic) bond motifs is 1. The zero-order valence-corrected chi connectivity index (χ0v) is 14.8. The van der Waals surface area contributed by atoms with E-state index in [-0.39, 0.29) is 5.92 Å². The Bertz CT molecular complexity index is 997. The van der Waals surface area contributed by atoms with E-state index in [2.05, 4.69) is 24.7 Å². The van der Waals surface area contributed by atoms with Gasteiger partial charge in [-0.1, -0.05) is 11.8 Å². The van der Waals surface area contributed by atoms with Crippen molar-refractivity contribution in [3.8, 4) is 17.3 Å². The number of nitrogens with zero attached hydrogens (tertiary/aromatic N) is 5. The van der Waals surface area contributed by atoms with Crippen LogP contribution in [0.25, 0.3) is 22.3 Å². The fourth-order valence-corrected chi connectivity index (χ4v) is 2.75. The molecule has 1 aliphatic carbocycles. The Kier molecular flexibility index (Phi) is 5.04. The molecule has 26 heavy (non-hydrogen) atoms. The number of nitrogens with one attached hydrogen (secondary N) is 1. The molecule has 0 aliphatic heterocycles. The van der Waals surface area contributed by atoms with E-state index in [1.54, 1.807) is 6.20 Å². The van der Waals surface area contributed by atoms with Crippen molar-refractivity contribution in [2.75, 3.05) is 0 Å². The molecule has 0 aromatic carbocycles. The van der Waals surface area contributed by atoms with Gasteiger partial charge in [0.2, 0.25) is 0 Å². The number of hydrogen-bond acceptors (Lipinski definition) is 6. The quantitative estimate of drug-likeness (QED) is 0.586. The van der Waals surface area contributed by atoms with Crippen LogP contribution in [-0.2, 0) is 4.57 Å². The zero-order valence-electron chi connectivity index (χ0n) is 13.9. The average Bonchev–Trinajstić information content (AvgIpc) is 3.18. The van der Waals surface area contributed by atoms with Gasteiger partial charge in [-0.15, -0.1) is 5.10 Å². The average molecular weight is 376 g/mol. The monoisotopic (exact) mass is 376 g/mol. The summed E-state index contributed by atoms with van der Waals surface area (Å²) in [5.41, 5.74) is 2.78. The summed E-state index contributed by atoms with van der Waals surface area (Å²) >= 11 is 0. The van der Waals surface area contributed by atoms with E-state index >= 15 is 0 Å². The summed E-state index contributed by atoms with van der Waals surface area (Å²) in [7, 11) is -4.67. The van der Waals surface area contributed by atoms with Crippen LogP contribution in [0.1, 0.15) is 37.8 Å². The summed E-state index contributed by atoms with van der Waals surface area (Å²) in [6.45, 7) is 1.82. The van der Waals surface area contributed by atoms with Gasteiger partial charge in [-0.3, -0.25) is 14.4 Å². The second-order valence-electron chi connectivity index (χ2n) is 5.65. The maximum absolute atomic E-state index is 11.0. The third-order valence-corrected chi connectivity index (χ3v) is 4.02. The number of rotatable bonds is 4. The lowest BCUT2D eigenvalue weighted by atomic mass is 10.1. The largest absolute Gasteiger partial charge is 0.545 e. The van der Waals surface area contributed by atoms with Crippen molar-refractivity contribution >= 4 is 18.9 Å². The van der Waals surface area contributed by atoms with Gasteiger partial charge in [0.1, 0.15) is 12.0 Å². The molecule has 10 nitrogen and oxygen atoms in total. The van der Waals surface area contributed by atoms with E-state index in [0.29, 0.717) is 23.3 Å². The Hall–Kier alpha value is -2.73. The molecular formula is C15H17N6O4P. The number of phosphoric acid groups is 1. The molecule has 0 atom stereocenters. The van der Waals surface area contributed by atoms with Crippen LogP contribution in [0.2, 0.25) is 0 Å². The van der Waals surface area contributed by atoms with E-state index < -0.39 is 7.82 Å². The van der Waals surface area contributed by atoms with Crippen LogP contribution in [0.3, 0.4) is 0 Å². The summed E-state index contributed by atoms with van der Waals surface area (Å²) in [6, 6.07) is 3.78. The van der Waals surface area contributed by atoms with Crippen LogP contribution in [0.4, 0.5) is 0 Å². The summed E-state index contributed by atoms with van der Waals surface area (Å²) in [6.07, 6.45) is 7.24. The van der Waals surface area contributed by atoms with Crippen LogP contribution < -0.4 is 4.62 Å². The highest BCUT2D eigenvalue weighted by atomic mass is 31.2. The lowest BCUT2D eigenvalue weighted by Crippen LogP contribution is -2.08. The van der Waals surface area contributed by atoms with Gasteiger partial charge in [0.05, 0.1) is 23.7 Å². The fourth-order valence-electron chi connectivity index (χ4n) is 2.44. The highest BCUT2D eigenvalue weighted by Gasteiger charge is 2.32. The van der Waals surface area contributed by atoms with Crippen LogP contribution in [0, 0.1) is 11.3 Å². The molecule has 0 radical (unpaired) electrons. The molecule has 0 saturated heterocycles. The van der Waals surface area contributed by atoms with Gasteiger partial charge >= 0.3 is 7.82 Å². The second kappa shape index (κ2) is 7.25. The van der Waals surface area contributed by atoms with E-state index in [1.807, 2.05) is 19.1 Å². The predicted octanol–water partition coefficient (Wildman–Crippen LogP) is 2.14. The van der Waals surface area contributed by atoms with E-state index in [1.165, 1.54) is 12.5 Å². The minimum absolute atomic E-state index is 0.264. The highest BCUT2D eigenvalue weighted by molar-refractivity contribution is 7.46. The molecule has 1 fully saturated rings. The molecule has 4 rings (SSSR count). The minimum atomic E-state index is -4.67. The maximum Gasteiger partial charge on any atom is 0.545 e. The normalized spacial score (nSPS) is 13.8. The van der Waals surface area contributed by atoms with Crippen LogP contribution in [0.5, 0.6) is 0 Å². The molecule has 3 aromatic rings. The van der Waals surface area contributed by atoms with Crippen molar-refractivity contribution in [3.63, 3.8) is 0 Å². The van der Waals surface area contributed by atoms with Crippen molar-refractivity contribution in [3.05, 3.63) is 30.5 Å². The molecule has 0 unspecified atom stereocenters. The molecule has 0 spiro atoms. The molecule has 1 aliphatic rings. The van der Waals surface area contributed by atoms with Gasteiger partial charge in [0.25, 0.3) is 0 Å². The van der Waals surface area contributed by atoms with Gasteiger partial charge in [0, 0.05) is 29.5 Å². The Balaban J connectivity index is 0.000000447. The zero-order chi connectivity index (χ0) is 18.7.